The minimum absolute atomic E-state index is 0.0370. The van der Waals surface area contributed by atoms with Crippen LogP contribution in [-0.4, -0.2) is 4.98 Å². The summed E-state index contributed by atoms with van der Waals surface area (Å²) in [5.74, 6) is 0.572. The maximum Gasteiger partial charge on any atom is 0.416 e. The van der Waals surface area contributed by atoms with Gasteiger partial charge in [0.2, 0.25) is 0 Å². The number of hydrogen-bond acceptors (Lipinski definition) is 3. The molecule has 106 valence electrons. The van der Waals surface area contributed by atoms with Gasteiger partial charge in [-0.2, -0.15) is 13.2 Å². The molecule has 20 heavy (non-hydrogen) atoms. The molecule has 0 fully saturated rings. The molecule has 0 unspecified atom stereocenters. The molecule has 0 amide bonds. The molecule has 0 saturated carbocycles. The monoisotopic (exact) mass is 302 g/mol. The first-order chi connectivity index (χ1) is 9.40. The van der Waals surface area contributed by atoms with Crippen molar-refractivity contribution in [3.05, 3.63) is 52.8 Å². The Morgan fingerprint density at radius 1 is 1.15 bits per heavy atom. The Bertz CT molecular complexity index is 617. The van der Waals surface area contributed by atoms with Gasteiger partial charge in [0.05, 0.1) is 16.8 Å². The van der Waals surface area contributed by atoms with Crippen LogP contribution in [0, 0.1) is 0 Å². The molecule has 7 heteroatoms. The smallest absolute Gasteiger partial charge is 0.416 e. The highest BCUT2D eigenvalue weighted by molar-refractivity contribution is 6.30. The lowest BCUT2D eigenvalue weighted by atomic mass is 10.1. The Balaban J connectivity index is 2.30. The molecule has 2 N–H and O–H groups in total. The maximum atomic E-state index is 12.7. The van der Waals surface area contributed by atoms with E-state index in [-0.39, 0.29) is 17.9 Å². The minimum atomic E-state index is -4.44. The van der Waals surface area contributed by atoms with Crippen molar-refractivity contribution in [2.45, 2.75) is 12.7 Å². The number of alkyl halides is 3. The van der Waals surface area contributed by atoms with Crippen LogP contribution in [-0.2, 0) is 12.7 Å². The van der Waals surface area contributed by atoms with Crippen LogP contribution in [0.15, 0.2) is 36.7 Å². The van der Waals surface area contributed by atoms with E-state index in [0.29, 0.717) is 10.8 Å². The summed E-state index contributed by atoms with van der Waals surface area (Å²) in [6.07, 6.45) is -1.61. The van der Waals surface area contributed by atoms with Crippen molar-refractivity contribution in [2.75, 3.05) is 0 Å². The second-order valence-electron chi connectivity index (χ2n) is 3.96. The van der Waals surface area contributed by atoms with Gasteiger partial charge in [-0.1, -0.05) is 11.6 Å². The number of rotatable bonds is 3. The first-order valence-corrected chi connectivity index (χ1v) is 5.96. The lowest BCUT2D eigenvalue weighted by Crippen LogP contribution is -2.11. The van der Waals surface area contributed by atoms with Crippen molar-refractivity contribution in [3.63, 3.8) is 0 Å². The predicted octanol–water partition coefficient (Wildman–Crippen LogP) is 4.00. The van der Waals surface area contributed by atoms with Crippen LogP contribution in [0.5, 0.6) is 11.5 Å². The summed E-state index contributed by atoms with van der Waals surface area (Å²) in [5.41, 5.74) is 4.54. The molecule has 3 nitrogen and oxygen atoms in total. The molecule has 1 heterocycles. The zero-order chi connectivity index (χ0) is 14.8. The number of nitrogens with two attached hydrogens (primary N) is 1. The van der Waals surface area contributed by atoms with E-state index in [1.807, 2.05) is 0 Å². The van der Waals surface area contributed by atoms with Crippen molar-refractivity contribution in [3.8, 4) is 11.5 Å². The zero-order valence-electron chi connectivity index (χ0n) is 10.1. The summed E-state index contributed by atoms with van der Waals surface area (Å²) in [5, 5.41) is 0.369. The topological polar surface area (TPSA) is 48.1 Å². The number of pyridine rings is 1. The van der Waals surface area contributed by atoms with Crippen molar-refractivity contribution in [1.29, 1.82) is 0 Å². The molecule has 0 aliphatic heterocycles. The van der Waals surface area contributed by atoms with Crippen molar-refractivity contribution in [2.24, 2.45) is 5.73 Å². The van der Waals surface area contributed by atoms with Gasteiger partial charge >= 0.3 is 6.18 Å². The van der Waals surface area contributed by atoms with E-state index in [4.69, 9.17) is 22.1 Å². The van der Waals surface area contributed by atoms with Crippen LogP contribution < -0.4 is 10.5 Å². The van der Waals surface area contributed by atoms with Crippen LogP contribution in [0.1, 0.15) is 11.1 Å². The van der Waals surface area contributed by atoms with Crippen LogP contribution in [0.4, 0.5) is 13.2 Å². The molecule has 0 bridgehead atoms. The highest BCUT2D eigenvalue weighted by Crippen LogP contribution is 2.34. The summed E-state index contributed by atoms with van der Waals surface area (Å²) in [6, 6.07) is 4.93. The molecule has 0 saturated heterocycles. The van der Waals surface area contributed by atoms with E-state index in [1.54, 1.807) is 0 Å². The predicted molar refractivity (Wildman–Crippen MR) is 68.7 cm³/mol. The molecule has 0 radical (unpaired) electrons. The van der Waals surface area contributed by atoms with Crippen LogP contribution in [0.3, 0.4) is 0 Å². The second-order valence-corrected chi connectivity index (χ2v) is 4.40. The normalized spacial score (nSPS) is 11.4. The van der Waals surface area contributed by atoms with Crippen molar-refractivity contribution < 1.29 is 17.9 Å². The van der Waals surface area contributed by atoms with Crippen LogP contribution in [0.25, 0.3) is 0 Å². The van der Waals surface area contributed by atoms with Gasteiger partial charge in [0, 0.05) is 18.8 Å². The standard InChI is InChI=1S/C13H10ClF3N2O/c14-9-4-11(7-19-6-9)20-10-1-2-12(13(15,16)17)8(3-10)5-18/h1-4,6-7H,5,18H2. The van der Waals surface area contributed by atoms with Gasteiger partial charge in [-0.05, 0) is 23.8 Å². The number of hydrogen-bond donors (Lipinski definition) is 1. The largest absolute Gasteiger partial charge is 0.456 e. The SMILES string of the molecule is NCc1cc(Oc2cncc(Cl)c2)ccc1C(F)(F)F. The third-order valence-corrected chi connectivity index (χ3v) is 2.72. The average molecular weight is 303 g/mol. The molecular weight excluding hydrogens is 293 g/mol. The maximum absolute atomic E-state index is 12.7. The van der Waals surface area contributed by atoms with Gasteiger partial charge in [0.25, 0.3) is 0 Å². The number of ether oxygens (including phenoxy) is 1. The highest BCUT2D eigenvalue weighted by atomic mass is 35.5. The summed E-state index contributed by atoms with van der Waals surface area (Å²) in [4.78, 5) is 3.82. The lowest BCUT2D eigenvalue weighted by Gasteiger charge is -2.13. The third kappa shape index (κ3) is 3.40. The Morgan fingerprint density at radius 3 is 2.50 bits per heavy atom. The van der Waals surface area contributed by atoms with Gasteiger partial charge in [0.1, 0.15) is 11.5 Å². The molecule has 0 spiro atoms. The van der Waals surface area contributed by atoms with E-state index in [9.17, 15) is 13.2 Å². The molecule has 1 aromatic carbocycles. The van der Waals surface area contributed by atoms with E-state index in [1.165, 1.54) is 30.6 Å². The molecule has 2 aromatic rings. The first kappa shape index (κ1) is 14.6. The number of halogens is 4. The molecule has 0 aliphatic rings. The molecular formula is C13H10ClF3N2O. The fourth-order valence-corrected chi connectivity index (χ4v) is 1.83. The number of nitrogens with zero attached hydrogens (tertiary/aromatic N) is 1. The van der Waals surface area contributed by atoms with Crippen LogP contribution >= 0.6 is 11.6 Å². The summed E-state index contributed by atoms with van der Waals surface area (Å²) in [6.45, 7) is -0.236. The summed E-state index contributed by atoms with van der Waals surface area (Å²) < 4.78 is 43.6. The second kappa shape index (κ2) is 5.68. The van der Waals surface area contributed by atoms with Crippen LogP contribution in [0.2, 0.25) is 5.02 Å². The summed E-state index contributed by atoms with van der Waals surface area (Å²) >= 11 is 5.74. The molecule has 2 rings (SSSR count). The van der Waals surface area contributed by atoms with Gasteiger partial charge < -0.3 is 10.5 Å². The Kier molecular flexibility index (Phi) is 4.15. The Morgan fingerprint density at radius 2 is 1.90 bits per heavy atom. The fourth-order valence-electron chi connectivity index (χ4n) is 1.66. The Labute approximate surface area is 118 Å². The van der Waals surface area contributed by atoms with Crippen molar-refractivity contribution in [1.82, 2.24) is 4.98 Å². The van der Waals surface area contributed by atoms with Gasteiger partial charge in [-0.25, -0.2) is 0 Å². The minimum Gasteiger partial charge on any atom is -0.456 e. The van der Waals surface area contributed by atoms with Gasteiger partial charge in [-0.15, -0.1) is 0 Å². The fraction of sp³-hybridized carbons (Fsp3) is 0.154. The van der Waals surface area contributed by atoms with E-state index in [0.717, 1.165) is 6.07 Å². The zero-order valence-corrected chi connectivity index (χ0v) is 10.9. The van der Waals surface area contributed by atoms with Gasteiger partial charge in [-0.3, -0.25) is 4.98 Å². The van der Waals surface area contributed by atoms with E-state index >= 15 is 0 Å². The molecule has 0 aliphatic carbocycles. The first-order valence-electron chi connectivity index (χ1n) is 5.59. The number of aromatic nitrogens is 1. The highest BCUT2D eigenvalue weighted by Gasteiger charge is 2.33. The van der Waals surface area contributed by atoms with Gasteiger partial charge in [0.15, 0.2) is 0 Å². The quantitative estimate of drug-likeness (QED) is 0.932. The summed E-state index contributed by atoms with van der Waals surface area (Å²) in [7, 11) is 0. The van der Waals surface area contributed by atoms with E-state index < -0.39 is 11.7 Å². The van der Waals surface area contributed by atoms with Crippen molar-refractivity contribution >= 4 is 11.6 Å². The molecule has 1 aromatic heterocycles. The Hall–Kier alpha value is -1.79. The molecule has 0 atom stereocenters. The average Bonchev–Trinajstić information content (AvgIpc) is 2.37. The lowest BCUT2D eigenvalue weighted by molar-refractivity contribution is -0.138. The van der Waals surface area contributed by atoms with E-state index in [2.05, 4.69) is 4.98 Å². The number of benzene rings is 1. The third-order valence-electron chi connectivity index (χ3n) is 2.52.